The van der Waals surface area contributed by atoms with Crippen molar-refractivity contribution in [2.75, 3.05) is 33.0 Å². The molecule has 1 aliphatic carbocycles. The summed E-state index contributed by atoms with van der Waals surface area (Å²) in [6.07, 6.45) is 7.77. The average Bonchev–Trinajstić information content (AvgIpc) is 2.95. The number of aromatic nitrogens is 2. The number of anilines is 1. The summed E-state index contributed by atoms with van der Waals surface area (Å²) in [5.41, 5.74) is 0.449. The number of carbonyl (C=O) groups excluding carboxylic acids is 1. The highest BCUT2D eigenvalue weighted by molar-refractivity contribution is 5.92. The molecule has 0 aliphatic heterocycles. The minimum Gasteiger partial charge on any atom is -0.372 e. The predicted molar refractivity (Wildman–Crippen MR) is 78.8 cm³/mol. The highest BCUT2D eigenvalue weighted by Crippen LogP contribution is 2.33. The van der Waals surface area contributed by atoms with Crippen LogP contribution < -0.4 is 10.6 Å². The van der Waals surface area contributed by atoms with Crippen molar-refractivity contribution in [2.45, 2.75) is 31.2 Å². The zero-order chi connectivity index (χ0) is 14.6. The van der Waals surface area contributed by atoms with E-state index in [1.54, 1.807) is 13.2 Å². The second-order valence-corrected chi connectivity index (χ2v) is 5.55. The van der Waals surface area contributed by atoms with E-state index in [0.717, 1.165) is 12.8 Å². The molecule has 0 radical (unpaired) electrons. The minimum absolute atomic E-state index is 0.0913. The lowest BCUT2D eigenvalue weighted by Crippen LogP contribution is -2.50. The molecule has 2 N–H and O–H groups in total. The van der Waals surface area contributed by atoms with Crippen molar-refractivity contribution in [3.8, 4) is 0 Å². The Hall–Kier alpha value is -1.69. The third kappa shape index (κ3) is 3.07. The number of nitrogens with zero attached hydrogens (tertiary/aromatic N) is 3. The maximum atomic E-state index is 12.1. The number of likely N-dealkylation sites (N-methyl/N-ethyl adjacent to an activating group) is 1. The summed E-state index contributed by atoms with van der Waals surface area (Å²) in [4.78, 5) is 22.6. The molecule has 1 fully saturated rings. The molecule has 1 aliphatic rings. The highest BCUT2D eigenvalue weighted by Gasteiger charge is 2.36. The third-order valence-corrected chi connectivity index (χ3v) is 4.20. The zero-order valence-electron chi connectivity index (χ0n) is 12.4. The van der Waals surface area contributed by atoms with E-state index >= 15 is 0 Å². The second kappa shape index (κ2) is 6.17. The van der Waals surface area contributed by atoms with Crippen LogP contribution in [-0.4, -0.2) is 54.0 Å². The summed E-state index contributed by atoms with van der Waals surface area (Å²) in [6.45, 7) is 0.661. The van der Waals surface area contributed by atoms with Gasteiger partial charge in [0.2, 0.25) is 0 Å². The van der Waals surface area contributed by atoms with Gasteiger partial charge in [0.05, 0.1) is 12.4 Å². The van der Waals surface area contributed by atoms with Crippen LogP contribution in [0.15, 0.2) is 12.4 Å². The molecule has 1 amide bonds. The first kappa shape index (κ1) is 14.7. The van der Waals surface area contributed by atoms with E-state index < -0.39 is 0 Å². The molecule has 0 aromatic carbocycles. The van der Waals surface area contributed by atoms with Crippen molar-refractivity contribution < 1.29 is 4.79 Å². The van der Waals surface area contributed by atoms with Crippen molar-refractivity contribution in [1.82, 2.24) is 20.2 Å². The molecule has 0 spiro atoms. The van der Waals surface area contributed by atoms with Gasteiger partial charge in [-0.15, -0.1) is 0 Å². The van der Waals surface area contributed by atoms with Crippen LogP contribution in [0.3, 0.4) is 0 Å². The molecule has 0 atom stereocenters. The third-order valence-electron chi connectivity index (χ3n) is 4.20. The summed E-state index contributed by atoms with van der Waals surface area (Å²) < 4.78 is 0. The molecule has 0 saturated heterocycles. The van der Waals surface area contributed by atoms with E-state index in [2.05, 4.69) is 39.6 Å². The van der Waals surface area contributed by atoms with E-state index in [1.165, 1.54) is 19.0 Å². The Kier molecular flexibility index (Phi) is 4.54. The van der Waals surface area contributed by atoms with E-state index in [4.69, 9.17) is 0 Å². The standard InChI is InChI=1S/C14H23N5O/c1-15-12-9-16-11(8-17-12)13(20)18-10-14(19(2)3)6-4-5-7-14/h8-9H,4-7,10H2,1-3H3,(H,15,17)(H,18,20). The number of carbonyl (C=O) groups is 1. The molecule has 1 heterocycles. The lowest BCUT2D eigenvalue weighted by molar-refractivity contribution is 0.0895. The van der Waals surface area contributed by atoms with Crippen LogP contribution >= 0.6 is 0 Å². The fourth-order valence-corrected chi connectivity index (χ4v) is 2.72. The van der Waals surface area contributed by atoms with Gasteiger partial charge in [-0.1, -0.05) is 12.8 Å². The molecule has 110 valence electrons. The Morgan fingerprint density at radius 3 is 2.50 bits per heavy atom. The molecule has 0 unspecified atom stereocenters. The van der Waals surface area contributed by atoms with Gasteiger partial charge >= 0.3 is 0 Å². The van der Waals surface area contributed by atoms with Crippen molar-refractivity contribution in [1.29, 1.82) is 0 Å². The molecular weight excluding hydrogens is 254 g/mol. The smallest absolute Gasteiger partial charge is 0.271 e. The lowest BCUT2D eigenvalue weighted by Gasteiger charge is -2.36. The van der Waals surface area contributed by atoms with Gasteiger partial charge in [-0.25, -0.2) is 9.97 Å². The first-order chi connectivity index (χ1) is 9.57. The lowest BCUT2D eigenvalue weighted by atomic mass is 9.96. The molecule has 1 aromatic heterocycles. The van der Waals surface area contributed by atoms with E-state index in [1.807, 2.05) is 0 Å². The molecular formula is C14H23N5O. The monoisotopic (exact) mass is 277 g/mol. The van der Waals surface area contributed by atoms with Crippen LogP contribution in [0.25, 0.3) is 0 Å². The Bertz CT molecular complexity index is 451. The molecule has 0 bridgehead atoms. The largest absolute Gasteiger partial charge is 0.372 e. The van der Waals surface area contributed by atoms with Crippen LogP contribution in [0.4, 0.5) is 5.82 Å². The maximum Gasteiger partial charge on any atom is 0.271 e. The average molecular weight is 277 g/mol. The van der Waals surface area contributed by atoms with Crippen LogP contribution in [0.2, 0.25) is 0 Å². The predicted octanol–water partition coefficient (Wildman–Crippen LogP) is 1.12. The van der Waals surface area contributed by atoms with Gasteiger partial charge in [-0.3, -0.25) is 4.79 Å². The number of nitrogens with one attached hydrogen (secondary N) is 2. The van der Waals surface area contributed by atoms with Gasteiger partial charge in [0, 0.05) is 19.1 Å². The number of hydrogen-bond acceptors (Lipinski definition) is 5. The summed E-state index contributed by atoms with van der Waals surface area (Å²) >= 11 is 0. The summed E-state index contributed by atoms with van der Waals surface area (Å²) in [6, 6.07) is 0. The van der Waals surface area contributed by atoms with E-state index in [9.17, 15) is 4.79 Å². The Balaban J connectivity index is 1.97. The van der Waals surface area contributed by atoms with E-state index in [-0.39, 0.29) is 11.4 Å². The van der Waals surface area contributed by atoms with Crippen LogP contribution in [0, 0.1) is 0 Å². The van der Waals surface area contributed by atoms with Crippen LogP contribution in [-0.2, 0) is 0 Å². The van der Waals surface area contributed by atoms with Crippen LogP contribution in [0.5, 0.6) is 0 Å². The molecule has 6 nitrogen and oxygen atoms in total. The van der Waals surface area contributed by atoms with Crippen molar-refractivity contribution in [2.24, 2.45) is 0 Å². The zero-order valence-corrected chi connectivity index (χ0v) is 12.4. The van der Waals surface area contributed by atoms with Gasteiger partial charge in [-0.2, -0.15) is 0 Å². The van der Waals surface area contributed by atoms with Gasteiger partial charge in [0.1, 0.15) is 11.5 Å². The van der Waals surface area contributed by atoms with Gasteiger partial charge in [0.15, 0.2) is 0 Å². The molecule has 6 heteroatoms. The summed E-state index contributed by atoms with van der Waals surface area (Å²) in [5, 5.41) is 5.88. The fourth-order valence-electron chi connectivity index (χ4n) is 2.72. The highest BCUT2D eigenvalue weighted by atomic mass is 16.1. The topological polar surface area (TPSA) is 70.2 Å². The Morgan fingerprint density at radius 1 is 1.30 bits per heavy atom. The first-order valence-electron chi connectivity index (χ1n) is 7.03. The summed E-state index contributed by atoms with van der Waals surface area (Å²) in [5.74, 6) is 0.496. The second-order valence-electron chi connectivity index (χ2n) is 5.55. The fraction of sp³-hybridized carbons (Fsp3) is 0.643. The van der Waals surface area contributed by atoms with Crippen molar-refractivity contribution >= 4 is 11.7 Å². The normalized spacial score (nSPS) is 17.2. The van der Waals surface area contributed by atoms with Gasteiger partial charge < -0.3 is 15.5 Å². The number of hydrogen-bond donors (Lipinski definition) is 2. The molecule has 1 saturated carbocycles. The number of rotatable bonds is 5. The maximum absolute atomic E-state index is 12.1. The van der Waals surface area contributed by atoms with E-state index in [0.29, 0.717) is 18.1 Å². The van der Waals surface area contributed by atoms with Crippen molar-refractivity contribution in [3.63, 3.8) is 0 Å². The quantitative estimate of drug-likeness (QED) is 0.844. The van der Waals surface area contributed by atoms with Crippen molar-refractivity contribution in [3.05, 3.63) is 18.1 Å². The Morgan fingerprint density at radius 2 is 2.00 bits per heavy atom. The summed E-state index contributed by atoms with van der Waals surface area (Å²) in [7, 11) is 5.93. The molecule has 2 rings (SSSR count). The Labute approximate surface area is 120 Å². The molecule has 1 aromatic rings. The molecule has 20 heavy (non-hydrogen) atoms. The van der Waals surface area contributed by atoms with Gasteiger partial charge in [0.25, 0.3) is 5.91 Å². The van der Waals surface area contributed by atoms with Crippen LogP contribution in [0.1, 0.15) is 36.2 Å². The SMILES string of the molecule is CNc1cnc(C(=O)NCC2(N(C)C)CCCC2)cn1. The minimum atomic E-state index is -0.159. The first-order valence-corrected chi connectivity index (χ1v) is 7.03. The van der Waals surface area contributed by atoms with Gasteiger partial charge in [-0.05, 0) is 26.9 Å². The number of amides is 1.